The molecule has 1 N–H and O–H groups in total. The molecule has 1 aliphatic heterocycles. The van der Waals surface area contributed by atoms with E-state index < -0.39 is 0 Å². The van der Waals surface area contributed by atoms with Gasteiger partial charge in [0.1, 0.15) is 0 Å². The Bertz CT molecular complexity index is 133. The minimum Gasteiger partial charge on any atom is -0.317 e. The molecule has 0 unspecified atom stereocenters. The van der Waals surface area contributed by atoms with Crippen molar-refractivity contribution in [1.82, 2.24) is 10.2 Å². The summed E-state index contributed by atoms with van der Waals surface area (Å²) in [4.78, 5) is 2.53. The van der Waals surface area contributed by atoms with Gasteiger partial charge < -0.3 is 10.2 Å². The summed E-state index contributed by atoms with van der Waals surface area (Å²) in [6, 6.07) is 0.817. The van der Waals surface area contributed by atoms with Gasteiger partial charge in [-0.25, -0.2) is 0 Å². The van der Waals surface area contributed by atoms with Crippen LogP contribution in [-0.2, 0) is 0 Å². The quantitative estimate of drug-likeness (QED) is 0.696. The Kier molecular flexibility index (Phi) is 6.65. The van der Waals surface area contributed by atoms with Crippen molar-refractivity contribution in [2.75, 3.05) is 32.4 Å². The number of hydrogen-bond acceptors (Lipinski definition) is 3. The lowest BCUT2D eigenvalue weighted by Crippen LogP contribution is -2.35. The van der Waals surface area contributed by atoms with E-state index in [1.807, 2.05) is 0 Å². The molecule has 0 aromatic carbocycles. The van der Waals surface area contributed by atoms with Gasteiger partial charge in [-0.05, 0) is 64.5 Å². The molecule has 14 heavy (non-hydrogen) atoms. The zero-order chi connectivity index (χ0) is 10.2. The highest BCUT2D eigenvalue weighted by molar-refractivity contribution is 7.80. The largest absolute Gasteiger partial charge is 0.317 e. The Morgan fingerprint density at radius 1 is 1.29 bits per heavy atom. The Hall–Kier alpha value is 0.270. The van der Waals surface area contributed by atoms with Gasteiger partial charge >= 0.3 is 0 Å². The van der Waals surface area contributed by atoms with E-state index >= 15 is 0 Å². The van der Waals surface area contributed by atoms with Crippen LogP contribution in [0.2, 0.25) is 0 Å². The lowest BCUT2D eigenvalue weighted by atomic mass is 10.0. The first-order valence-electron chi connectivity index (χ1n) is 5.86. The number of hydrogen-bond donors (Lipinski definition) is 2. The SMILES string of the molecule is CN(CCCS)C1CCCNCCC1. The predicted molar refractivity (Wildman–Crippen MR) is 66.2 cm³/mol. The van der Waals surface area contributed by atoms with Crippen LogP contribution in [0, 0.1) is 0 Å². The summed E-state index contributed by atoms with van der Waals surface area (Å²) in [5.74, 6) is 1.01. The summed E-state index contributed by atoms with van der Waals surface area (Å²) in [7, 11) is 2.27. The van der Waals surface area contributed by atoms with E-state index in [1.54, 1.807) is 0 Å². The summed E-state index contributed by atoms with van der Waals surface area (Å²) >= 11 is 4.26. The fraction of sp³-hybridized carbons (Fsp3) is 1.00. The maximum absolute atomic E-state index is 4.26. The summed E-state index contributed by atoms with van der Waals surface area (Å²) in [5.41, 5.74) is 0. The Morgan fingerprint density at radius 2 is 1.93 bits per heavy atom. The fourth-order valence-corrected chi connectivity index (χ4v) is 2.28. The highest BCUT2D eigenvalue weighted by atomic mass is 32.1. The molecule has 84 valence electrons. The molecular formula is C11H24N2S. The van der Waals surface area contributed by atoms with Crippen molar-refractivity contribution < 1.29 is 0 Å². The van der Waals surface area contributed by atoms with E-state index in [0.29, 0.717) is 0 Å². The number of thiol groups is 1. The zero-order valence-electron chi connectivity index (χ0n) is 9.34. The minimum atomic E-state index is 0.817. The predicted octanol–water partition coefficient (Wildman–Crippen LogP) is 1.77. The molecule has 0 aromatic heterocycles. The molecule has 1 saturated heterocycles. The standard InChI is InChI=1S/C11H24N2S/c1-13(9-4-10-14)11-5-2-7-12-8-3-6-11/h11-12,14H,2-10H2,1H3. The number of nitrogens with one attached hydrogen (secondary N) is 1. The summed E-state index contributed by atoms with van der Waals surface area (Å²) in [6.45, 7) is 3.62. The molecular weight excluding hydrogens is 192 g/mol. The highest BCUT2D eigenvalue weighted by Gasteiger charge is 2.14. The van der Waals surface area contributed by atoms with Crippen LogP contribution in [0.1, 0.15) is 32.1 Å². The van der Waals surface area contributed by atoms with Crippen LogP contribution in [0.15, 0.2) is 0 Å². The average Bonchev–Trinajstić information content (AvgIpc) is 2.13. The highest BCUT2D eigenvalue weighted by Crippen LogP contribution is 2.13. The van der Waals surface area contributed by atoms with Gasteiger partial charge in [0, 0.05) is 6.04 Å². The van der Waals surface area contributed by atoms with Crippen molar-refractivity contribution in [3.8, 4) is 0 Å². The summed E-state index contributed by atoms with van der Waals surface area (Å²) in [5, 5.41) is 3.46. The first kappa shape index (κ1) is 12.3. The molecule has 0 radical (unpaired) electrons. The van der Waals surface area contributed by atoms with Crippen molar-refractivity contribution in [2.24, 2.45) is 0 Å². The van der Waals surface area contributed by atoms with Crippen LogP contribution in [0.25, 0.3) is 0 Å². The maximum Gasteiger partial charge on any atom is 0.00931 e. The molecule has 1 aliphatic rings. The third-order valence-electron chi connectivity index (χ3n) is 3.07. The number of rotatable bonds is 4. The molecule has 1 rings (SSSR count). The lowest BCUT2D eigenvalue weighted by molar-refractivity contribution is 0.207. The average molecular weight is 216 g/mol. The molecule has 3 heteroatoms. The van der Waals surface area contributed by atoms with Crippen molar-refractivity contribution in [1.29, 1.82) is 0 Å². The van der Waals surface area contributed by atoms with E-state index in [0.717, 1.165) is 11.8 Å². The van der Waals surface area contributed by atoms with Gasteiger partial charge in [0.15, 0.2) is 0 Å². The van der Waals surface area contributed by atoms with Crippen molar-refractivity contribution in [3.05, 3.63) is 0 Å². The summed E-state index contributed by atoms with van der Waals surface area (Å²) < 4.78 is 0. The first-order valence-corrected chi connectivity index (χ1v) is 6.49. The van der Waals surface area contributed by atoms with Gasteiger partial charge in [0.25, 0.3) is 0 Å². The third-order valence-corrected chi connectivity index (χ3v) is 3.39. The van der Waals surface area contributed by atoms with Crippen LogP contribution >= 0.6 is 12.6 Å². The zero-order valence-corrected chi connectivity index (χ0v) is 10.2. The van der Waals surface area contributed by atoms with Gasteiger partial charge in [0.05, 0.1) is 0 Å². The molecule has 0 spiro atoms. The fourth-order valence-electron chi connectivity index (χ4n) is 2.14. The van der Waals surface area contributed by atoms with Gasteiger partial charge in [-0.2, -0.15) is 12.6 Å². The second-order valence-electron chi connectivity index (χ2n) is 4.25. The van der Waals surface area contributed by atoms with E-state index in [4.69, 9.17) is 0 Å². The smallest absolute Gasteiger partial charge is 0.00931 e. The second-order valence-corrected chi connectivity index (χ2v) is 4.69. The van der Waals surface area contributed by atoms with Crippen molar-refractivity contribution in [3.63, 3.8) is 0 Å². The van der Waals surface area contributed by atoms with Crippen LogP contribution < -0.4 is 5.32 Å². The molecule has 1 fully saturated rings. The molecule has 1 heterocycles. The molecule has 0 atom stereocenters. The van der Waals surface area contributed by atoms with Gasteiger partial charge in [-0.15, -0.1) is 0 Å². The Labute approximate surface area is 93.8 Å². The van der Waals surface area contributed by atoms with Crippen LogP contribution in [0.3, 0.4) is 0 Å². The molecule has 0 bridgehead atoms. The van der Waals surface area contributed by atoms with Crippen LogP contribution in [0.4, 0.5) is 0 Å². The van der Waals surface area contributed by atoms with E-state index in [9.17, 15) is 0 Å². The van der Waals surface area contributed by atoms with Crippen LogP contribution in [0.5, 0.6) is 0 Å². The van der Waals surface area contributed by atoms with E-state index in [2.05, 4.69) is 29.9 Å². The van der Waals surface area contributed by atoms with Crippen LogP contribution in [-0.4, -0.2) is 43.4 Å². The Morgan fingerprint density at radius 3 is 2.50 bits per heavy atom. The van der Waals surface area contributed by atoms with Gasteiger partial charge in [-0.1, -0.05) is 0 Å². The number of nitrogens with zero attached hydrogens (tertiary/aromatic N) is 1. The normalized spacial score (nSPS) is 20.8. The monoisotopic (exact) mass is 216 g/mol. The molecule has 0 amide bonds. The topological polar surface area (TPSA) is 15.3 Å². The molecule has 0 saturated carbocycles. The minimum absolute atomic E-state index is 0.817. The van der Waals surface area contributed by atoms with Gasteiger partial charge in [0.2, 0.25) is 0 Å². The molecule has 0 aliphatic carbocycles. The molecule has 0 aromatic rings. The second kappa shape index (κ2) is 7.55. The van der Waals surface area contributed by atoms with E-state index in [-0.39, 0.29) is 0 Å². The molecule has 2 nitrogen and oxygen atoms in total. The van der Waals surface area contributed by atoms with E-state index in [1.165, 1.54) is 51.7 Å². The van der Waals surface area contributed by atoms with Crippen molar-refractivity contribution >= 4 is 12.6 Å². The van der Waals surface area contributed by atoms with Gasteiger partial charge in [-0.3, -0.25) is 0 Å². The van der Waals surface area contributed by atoms with Crippen molar-refractivity contribution in [2.45, 2.75) is 38.1 Å². The maximum atomic E-state index is 4.26. The lowest BCUT2D eigenvalue weighted by Gasteiger charge is -2.29. The summed E-state index contributed by atoms with van der Waals surface area (Å²) in [6.07, 6.45) is 6.59. The Balaban J connectivity index is 2.23. The third kappa shape index (κ3) is 4.67. The first-order chi connectivity index (χ1) is 6.84.